The summed E-state index contributed by atoms with van der Waals surface area (Å²) >= 11 is 0. The van der Waals surface area contributed by atoms with Gasteiger partial charge in [0.2, 0.25) is 0 Å². The van der Waals surface area contributed by atoms with Gasteiger partial charge in [0, 0.05) is 12.1 Å². The highest BCUT2D eigenvalue weighted by atomic mass is 16.5. The first kappa shape index (κ1) is 13.4. The summed E-state index contributed by atoms with van der Waals surface area (Å²) in [5, 5.41) is 0. The predicted octanol–water partition coefficient (Wildman–Crippen LogP) is 2.57. The molecule has 3 heteroatoms. The molecule has 2 rings (SSSR count). The van der Waals surface area contributed by atoms with E-state index in [1.165, 1.54) is 31.2 Å². The zero-order valence-electron chi connectivity index (χ0n) is 11.3. The summed E-state index contributed by atoms with van der Waals surface area (Å²) in [5.74, 6) is 0.956. The maximum absolute atomic E-state index is 6.01. The Bertz CT molecular complexity index is 359. The fourth-order valence-corrected chi connectivity index (χ4v) is 2.82. The number of hydrogen-bond acceptors (Lipinski definition) is 3. The van der Waals surface area contributed by atoms with Gasteiger partial charge in [-0.05, 0) is 32.0 Å². The van der Waals surface area contributed by atoms with Crippen molar-refractivity contribution in [3.63, 3.8) is 0 Å². The third-order valence-electron chi connectivity index (χ3n) is 3.80. The van der Waals surface area contributed by atoms with E-state index in [2.05, 4.69) is 17.0 Å². The lowest BCUT2D eigenvalue weighted by Crippen LogP contribution is -2.34. The first-order valence-corrected chi connectivity index (χ1v) is 6.94. The van der Waals surface area contributed by atoms with Gasteiger partial charge >= 0.3 is 0 Å². The van der Waals surface area contributed by atoms with Crippen LogP contribution in [-0.4, -0.2) is 31.6 Å². The fourth-order valence-electron chi connectivity index (χ4n) is 2.82. The van der Waals surface area contributed by atoms with E-state index < -0.39 is 0 Å². The number of nitrogens with two attached hydrogens (primary N) is 1. The maximum Gasteiger partial charge on any atom is 0.123 e. The minimum absolute atomic E-state index is 0.291. The van der Waals surface area contributed by atoms with Crippen molar-refractivity contribution in [2.45, 2.75) is 31.7 Å². The molecule has 0 aromatic heterocycles. The summed E-state index contributed by atoms with van der Waals surface area (Å²) in [7, 11) is 1.73. The molecule has 3 nitrogen and oxygen atoms in total. The molecule has 1 aromatic carbocycles. The van der Waals surface area contributed by atoms with Crippen LogP contribution in [0.15, 0.2) is 24.3 Å². The normalized spacial score (nSPS) is 19.2. The SMILES string of the molecule is COc1ccccc1[C@@H](CN)N1CCCCCC1. The predicted molar refractivity (Wildman–Crippen MR) is 74.8 cm³/mol. The molecule has 0 saturated carbocycles. The van der Waals surface area contributed by atoms with Crippen LogP contribution in [0.2, 0.25) is 0 Å². The van der Waals surface area contributed by atoms with Crippen LogP contribution in [0, 0.1) is 0 Å². The Morgan fingerprint density at radius 1 is 1.17 bits per heavy atom. The molecule has 1 aliphatic heterocycles. The standard InChI is InChI=1S/C15H24N2O/c1-18-15-9-5-4-8-13(15)14(12-16)17-10-6-2-3-7-11-17/h4-5,8-9,14H,2-3,6-7,10-12,16H2,1H3/t14-/m1/s1. The molecular formula is C15H24N2O. The van der Waals surface area contributed by atoms with Crippen LogP contribution < -0.4 is 10.5 Å². The van der Waals surface area contributed by atoms with Crippen LogP contribution in [0.5, 0.6) is 5.75 Å². The van der Waals surface area contributed by atoms with E-state index in [1.54, 1.807) is 7.11 Å². The minimum atomic E-state index is 0.291. The fraction of sp³-hybridized carbons (Fsp3) is 0.600. The van der Waals surface area contributed by atoms with Gasteiger partial charge in [0.05, 0.1) is 13.2 Å². The summed E-state index contributed by atoms with van der Waals surface area (Å²) in [5.41, 5.74) is 7.24. The monoisotopic (exact) mass is 248 g/mol. The van der Waals surface area contributed by atoms with Gasteiger partial charge in [0.1, 0.15) is 5.75 Å². The molecule has 0 radical (unpaired) electrons. The highest BCUT2D eigenvalue weighted by Gasteiger charge is 2.22. The van der Waals surface area contributed by atoms with Crippen molar-refractivity contribution in [3.8, 4) is 5.75 Å². The molecule has 0 spiro atoms. The van der Waals surface area contributed by atoms with Gasteiger partial charge in [0.15, 0.2) is 0 Å². The van der Waals surface area contributed by atoms with Crippen LogP contribution in [0.25, 0.3) is 0 Å². The Morgan fingerprint density at radius 3 is 2.44 bits per heavy atom. The lowest BCUT2D eigenvalue weighted by atomic mass is 10.0. The van der Waals surface area contributed by atoms with Crippen LogP contribution in [0.4, 0.5) is 0 Å². The minimum Gasteiger partial charge on any atom is -0.496 e. The van der Waals surface area contributed by atoms with Crippen molar-refractivity contribution in [2.75, 3.05) is 26.7 Å². The summed E-state index contributed by atoms with van der Waals surface area (Å²) in [6.45, 7) is 2.96. The molecule has 1 aromatic rings. The molecule has 1 heterocycles. The third-order valence-corrected chi connectivity index (χ3v) is 3.80. The van der Waals surface area contributed by atoms with Crippen molar-refractivity contribution in [1.82, 2.24) is 4.90 Å². The van der Waals surface area contributed by atoms with Gasteiger partial charge in [-0.25, -0.2) is 0 Å². The summed E-state index contributed by atoms with van der Waals surface area (Å²) in [6.07, 6.45) is 5.26. The number of nitrogens with zero attached hydrogens (tertiary/aromatic N) is 1. The van der Waals surface area contributed by atoms with E-state index in [4.69, 9.17) is 10.5 Å². The molecule has 0 bridgehead atoms. The van der Waals surface area contributed by atoms with E-state index in [-0.39, 0.29) is 0 Å². The maximum atomic E-state index is 6.01. The molecule has 1 atom stereocenters. The van der Waals surface area contributed by atoms with Gasteiger partial charge < -0.3 is 10.5 Å². The second kappa shape index (κ2) is 6.76. The number of likely N-dealkylation sites (tertiary alicyclic amines) is 1. The smallest absolute Gasteiger partial charge is 0.123 e. The average Bonchev–Trinajstić information content (AvgIpc) is 2.69. The second-order valence-corrected chi connectivity index (χ2v) is 4.94. The summed E-state index contributed by atoms with van der Waals surface area (Å²) in [4.78, 5) is 2.52. The first-order valence-electron chi connectivity index (χ1n) is 6.94. The summed E-state index contributed by atoms with van der Waals surface area (Å²) < 4.78 is 5.47. The van der Waals surface area contributed by atoms with Gasteiger partial charge in [0.25, 0.3) is 0 Å². The third kappa shape index (κ3) is 3.03. The molecule has 0 aliphatic carbocycles. The number of hydrogen-bond donors (Lipinski definition) is 1. The van der Waals surface area contributed by atoms with Gasteiger partial charge in [-0.1, -0.05) is 31.0 Å². The number of ether oxygens (including phenoxy) is 1. The topological polar surface area (TPSA) is 38.5 Å². The van der Waals surface area contributed by atoms with Gasteiger partial charge in [-0.3, -0.25) is 4.90 Å². The van der Waals surface area contributed by atoms with Crippen molar-refractivity contribution < 1.29 is 4.74 Å². The Balaban J connectivity index is 2.20. The average molecular weight is 248 g/mol. The van der Waals surface area contributed by atoms with E-state index >= 15 is 0 Å². The van der Waals surface area contributed by atoms with Crippen molar-refractivity contribution in [2.24, 2.45) is 5.73 Å². The first-order chi connectivity index (χ1) is 8.86. The quantitative estimate of drug-likeness (QED) is 0.890. The number of para-hydroxylation sites is 1. The second-order valence-electron chi connectivity index (χ2n) is 4.94. The van der Waals surface area contributed by atoms with Crippen LogP contribution >= 0.6 is 0 Å². The zero-order valence-corrected chi connectivity index (χ0v) is 11.3. The molecule has 1 saturated heterocycles. The Labute approximate surface area is 110 Å². The molecule has 0 unspecified atom stereocenters. The summed E-state index contributed by atoms with van der Waals surface area (Å²) in [6, 6.07) is 8.53. The van der Waals surface area contributed by atoms with E-state index in [0.717, 1.165) is 18.8 Å². The number of methoxy groups -OCH3 is 1. The highest BCUT2D eigenvalue weighted by molar-refractivity contribution is 5.36. The number of rotatable bonds is 4. The lowest BCUT2D eigenvalue weighted by Gasteiger charge is -2.30. The number of benzene rings is 1. The molecule has 1 aliphatic rings. The zero-order chi connectivity index (χ0) is 12.8. The van der Waals surface area contributed by atoms with Gasteiger partial charge in [-0.15, -0.1) is 0 Å². The highest BCUT2D eigenvalue weighted by Crippen LogP contribution is 2.30. The van der Waals surface area contributed by atoms with Crippen LogP contribution in [0.3, 0.4) is 0 Å². The van der Waals surface area contributed by atoms with Crippen molar-refractivity contribution >= 4 is 0 Å². The van der Waals surface area contributed by atoms with Crippen molar-refractivity contribution in [3.05, 3.63) is 29.8 Å². The Hall–Kier alpha value is -1.06. The van der Waals surface area contributed by atoms with E-state index in [9.17, 15) is 0 Å². The molecule has 18 heavy (non-hydrogen) atoms. The molecular weight excluding hydrogens is 224 g/mol. The van der Waals surface area contributed by atoms with Crippen LogP contribution in [-0.2, 0) is 0 Å². The van der Waals surface area contributed by atoms with Crippen LogP contribution in [0.1, 0.15) is 37.3 Å². The molecule has 1 fully saturated rings. The lowest BCUT2D eigenvalue weighted by molar-refractivity contribution is 0.205. The largest absolute Gasteiger partial charge is 0.496 e. The van der Waals surface area contributed by atoms with Crippen molar-refractivity contribution in [1.29, 1.82) is 0 Å². The Morgan fingerprint density at radius 2 is 1.83 bits per heavy atom. The molecule has 100 valence electrons. The Kier molecular flexibility index (Phi) is 5.02. The van der Waals surface area contributed by atoms with Gasteiger partial charge in [-0.2, -0.15) is 0 Å². The molecule has 2 N–H and O–H groups in total. The van der Waals surface area contributed by atoms with E-state index in [0.29, 0.717) is 12.6 Å². The molecule has 0 amide bonds. The van der Waals surface area contributed by atoms with E-state index in [1.807, 2.05) is 12.1 Å².